The largest absolute Gasteiger partial charge is 0.389 e. The van der Waals surface area contributed by atoms with Crippen LogP contribution in [0.15, 0.2) is 41.8 Å². The topological polar surface area (TPSA) is 41.5 Å². The van der Waals surface area contributed by atoms with Crippen LogP contribution in [-0.2, 0) is 17.8 Å². The maximum absolute atomic E-state index is 9.88. The Kier molecular flexibility index (Phi) is 6.05. The van der Waals surface area contributed by atoms with Crippen molar-refractivity contribution in [1.29, 1.82) is 0 Å². The minimum atomic E-state index is -0.500. The summed E-state index contributed by atoms with van der Waals surface area (Å²) in [6.45, 7) is 3.54. The van der Waals surface area contributed by atoms with E-state index in [1.54, 1.807) is 11.3 Å². The Morgan fingerprint density at radius 1 is 1.30 bits per heavy atom. The maximum Gasteiger partial charge on any atom is 0.0945 e. The molecule has 0 aliphatic rings. The van der Waals surface area contributed by atoms with Gasteiger partial charge in [-0.3, -0.25) is 0 Å². The molecule has 0 saturated carbocycles. The molecule has 20 heavy (non-hydrogen) atoms. The molecule has 2 rings (SSSR count). The van der Waals surface area contributed by atoms with Gasteiger partial charge in [-0.1, -0.05) is 25.1 Å². The van der Waals surface area contributed by atoms with Gasteiger partial charge in [0.15, 0.2) is 0 Å². The van der Waals surface area contributed by atoms with Crippen LogP contribution in [0, 0.1) is 0 Å². The number of benzene rings is 1. The highest BCUT2D eigenvalue weighted by atomic mass is 32.1. The van der Waals surface area contributed by atoms with Gasteiger partial charge in [0.05, 0.1) is 19.3 Å². The Morgan fingerprint density at radius 3 is 2.95 bits per heavy atom. The zero-order valence-corrected chi connectivity index (χ0v) is 12.5. The second kappa shape index (κ2) is 8.04. The number of rotatable bonds is 8. The number of anilines is 1. The van der Waals surface area contributed by atoms with Crippen molar-refractivity contribution in [2.24, 2.45) is 0 Å². The Bertz CT molecular complexity index is 499. The van der Waals surface area contributed by atoms with Crippen LogP contribution in [0.4, 0.5) is 5.69 Å². The molecule has 0 radical (unpaired) electrons. The minimum absolute atomic E-state index is 0.346. The SMILES string of the molecule is CCc1cccc(NCC(O)COCc2cccs2)c1. The standard InChI is InChI=1S/C16H21NO2S/c1-2-13-5-3-6-14(9-13)17-10-15(18)11-19-12-16-7-4-8-20-16/h3-9,15,17-18H,2,10-12H2,1H3. The summed E-state index contributed by atoms with van der Waals surface area (Å²) in [6.07, 6.45) is 0.516. The maximum atomic E-state index is 9.88. The highest BCUT2D eigenvalue weighted by molar-refractivity contribution is 7.09. The molecule has 1 aromatic carbocycles. The zero-order chi connectivity index (χ0) is 14.2. The average Bonchev–Trinajstić information content (AvgIpc) is 2.98. The second-order valence-electron chi connectivity index (χ2n) is 4.68. The fourth-order valence-corrected chi connectivity index (χ4v) is 2.53. The monoisotopic (exact) mass is 291 g/mol. The van der Waals surface area contributed by atoms with Gasteiger partial charge in [0.2, 0.25) is 0 Å². The molecule has 108 valence electrons. The predicted molar refractivity (Wildman–Crippen MR) is 84.3 cm³/mol. The third-order valence-electron chi connectivity index (χ3n) is 3.01. The van der Waals surface area contributed by atoms with Gasteiger partial charge in [0, 0.05) is 17.1 Å². The van der Waals surface area contributed by atoms with E-state index in [0.717, 1.165) is 12.1 Å². The van der Waals surface area contributed by atoms with Gasteiger partial charge in [0.1, 0.15) is 0 Å². The third kappa shape index (κ3) is 4.96. The Balaban J connectivity index is 1.67. The number of nitrogens with one attached hydrogen (secondary N) is 1. The van der Waals surface area contributed by atoms with E-state index in [4.69, 9.17) is 4.74 Å². The van der Waals surface area contributed by atoms with E-state index < -0.39 is 6.10 Å². The third-order valence-corrected chi connectivity index (χ3v) is 3.86. The normalized spacial score (nSPS) is 12.3. The summed E-state index contributed by atoms with van der Waals surface area (Å²) in [5.74, 6) is 0. The van der Waals surface area contributed by atoms with Crippen LogP contribution < -0.4 is 5.32 Å². The summed E-state index contributed by atoms with van der Waals surface area (Å²) in [5.41, 5.74) is 2.33. The van der Waals surface area contributed by atoms with E-state index in [0.29, 0.717) is 19.8 Å². The van der Waals surface area contributed by atoms with Crippen LogP contribution in [-0.4, -0.2) is 24.4 Å². The predicted octanol–water partition coefficient (Wildman–Crippen LogP) is 3.30. The quantitative estimate of drug-likeness (QED) is 0.784. The first-order chi connectivity index (χ1) is 9.78. The Labute approximate surface area is 124 Å². The number of aryl methyl sites for hydroxylation is 1. The molecule has 0 bridgehead atoms. The number of thiophene rings is 1. The lowest BCUT2D eigenvalue weighted by Gasteiger charge is -2.13. The van der Waals surface area contributed by atoms with E-state index in [9.17, 15) is 5.11 Å². The van der Waals surface area contributed by atoms with Gasteiger partial charge >= 0.3 is 0 Å². The molecular formula is C16H21NO2S. The first-order valence-corrected chi connectivity index (χ1v) is 7.77. The first-order valence-electron chi connectivity index (χ1n) is 6.89. The van der Waals surface area contributed by atoms with Crippen molar-refractivity contribution < 1.29 is 9.84 Å². The summed E-state index contributed by atoms with van der Waals surface area (Å²) in [4.78, 5) is 1.18. The molecule has 3 nitrogen and oxygen atoms in total. The molecule has 1 heterocycles. The lowest BCUT2D eigenvalue weighted by molar-refractivity contribution is 0.0359. The van der Waals surface area contributed by atoms with Gasteiger partial charge < -0.3 is 15.2 Å². The molecule has 1 unspecified atom stereocenters. The van der Waals surface area contributed by atoms with Crippen LogP contribution in [0.25, 0.3) is 0 Å². The van der Waals surface area contributed by atoms with Crippen LogP contribution >= 0.6 is 11.3 Å². The van der Waals surface area contributed by atoms with E-state index in [2.05, 4.69) is 24.4 Å². The molecule has 4 heteroatoms. The highest BCUT2D eigenvalue weighted by Gasteiger charge is 2.05. The van der Waals surface area contributed by atoms with Crippen molar-refractivity contribution in [3.63, 3.8) is 0 Å². The first kappa shape index (κ1) is 15.0. The summed E-state index contributed by atoms with van der Waals surface area (Å²) < 4.78 is 5.49. The summed E-state index contributed by atoms with van der Waals surface area (Å²) in [7, 11) is 0. The van der Waals surface area contributed by atoms with Crippen molar-refractivity contribution in [3.8, 4) is 0 Å². The van der Waals surface area contributed by atoms with E-state index in [1.807, 2.05) is 29.6 Å². The molecule has 0 spiro atoms. The van der Waals surface area contributed by atoms with Crippen LogP contribution in [0.3, 0.4) is 0 Å². The van der Waals surface area contributed by atoms with E-state index >= 15 is 0 Å². The van der Waals surface area contributed by atoms with Crippen molar-refractivity contribution in [2.75, 3.05) is 18.5 Å². The number of aliphatic hydroxyl groups excluding tert-OH is 1. The molecule has 0 fully saturated rings. The van der Waals surface area contributed by atoms with Crippen molar-refractivity contribution >= 4 is 17.0 Å². The minimum Gasteiger partial charge on any atom is -0.389 e. The van der Waals surface area contributed by atoms with Gasteiger partial charge in [0.25, 0.3) is 0 Å². The van der Waals surface area contributed by atoms with Gasteiger partial charge in [-0.15, -0.1) is 11.3 Å². The number of hydrogen-bond donors (Lipinski definition) is 2. The summed E-state index contributed by atoms with van der Waals surface area (Å²) >= 11 is 1.67. The second-order valence-corrected chi connectivity index (χ2v) is 5.72. The summed E-state index contributed by atoms with van der Waals surface area (Å²) in [5, 5.41) is 15.1. The van der Waals surface area contributed by atoms with Crippen LogP contribution in [0.1, 0.15) is 17.4 Å². The van der Waals surface area contributed by atoms with Gasteiger partial charge in [-0.25, -0.2) is 0 Å². The van der Waals surface area contributed by atoms with E-state index in [1.165, 1.54) is 10.4 Å². The zero-order valence-electron chi connectivity index (χ0n) is 11.7. The Hall–Kier alpha value is -1.36. The molecule has 2 aromatic rings. The van der Waals surface area contributed by atoms with Gasteiger partial charge in [-0.2, -0.15) is 0 Å². The lowest BCUT2D eigenvalue weighted by Crippen LogP contribution is -2.24. The van der Waals surface area contributed by atoms with Crippen molar-refractivity contribution in [2.45, 2.75) is 26.1 Å². The molecule has 1 aromatic heterocycles. The number of hydrogen-bond acceptors (Lipinski definition) is 4. The average molecular weight is 291 g/mol. The fraction of sp³-hybridized carbons (Fsp3) is 0.375. The smallest absolute Gasteiger partial charge is 0.0945 e. The summed E-state index contributed by atoms with van der Waals surface area (Å²) in [6, 6.07) is 12.3. The van der Waals surface area contributed by atoms with E-state index in [-0.39, 0.29) is 0 Å². The highest BCUT2D eigenvalue weighted by Crippen LogP contribution is 2.12. The molecule has 2 N–H and O–H groups in total. The lowest BCUT2D eigenvalue weighted by atomic mass is 10.1. The van der Waals surface area contributed by atoms with Crippen molar-refractivity contribution in [3.05, 3.63) is 52.2 Å². The molecule has 0 aliphatic heterocycles. The molecule has 0 amide bonds. The Morgan fingerprint density at radius 2 is 2.20 bits per heavy atom. The van der Waals surface area contributed by atoms with Crippen LogP contribution in [0.5, 0.6) is 0 Å². The molecule has 0 aliphatic carbocycles. The fourth-order valence-electron chi connectivity index (χ4n) is 1.89. The van der Waals surface area contributed by atoms with Gasteiger partial charge in [-0.05, 0) is 35.6 Å². The van der Waals surface area contributed by atoms with Crippen LogP contribution in [0.2, 0.25) is 0 Å². The molecule has 1 atom stereocenters. The number of aliphatic hydroxyl groups is 1. The number of ether oxygens (including phenoxy) is 1. The van der Waals surface area contributed by atoms with Crippen molar-refractivity contribution in [1.82, 2.24) is 0 Å². The molecule has 0 saturated heterocycles. The molecular weight excluding hydrogens is 270 g/mol.